The van der Waals surface area contributed by atoms with Crippen LogP contribution in [0.15, 0.2) is 47.5 Å². The topological polar surface area (TPSA) is 33.6 Å². The van der Waals surface area contributed by atoms with Crippen LogP contribution in [0.2, 0.25) is 10.0 Å². The molecular weight excluding hydrogens is 307 g/mol. The average molecular weight is 321 g/mol. The predicted octanol–water partition coefficient (Wildman–Crippen LogP) is 3.92. The molecule has 1 N–H and O–H groups in total. The van der Waals surface area contributed by atoms with E-state index >= 15 is 0 Å². The van der Waals surface area contributed by atoms with E-state index < -0.39 is 0 Å². The molecule has 3 nitrogen and oxygen atoms in total. The minimum absolute atomic E-state index is 0.411. The molecule has 0 atom stereocenters. The second-order valence-electron chi connectivity index (χ2n) is 4.71. The maximum atomic E-state index is 6.12. The molecule has 0 radical (unpaired) electrons. The molecule has 1 heterocycles. The third kappa shape index (κ3) is 3.49. The van der Waals surface area contributed by atoms with Crippen LogP contribution in [-0.4, -0.2) is 18.9 Å². The number of nitrogens with one attached hydrogen (secondary N) is 1. The summed E-state index contributed by atoms with van der Waals surface area (Å²) in [6, 6.07) is 13.2. The minimum Gasteiger partial charge on any atom is -0.489 e. The molecule has 0 aliphatic carbocycles. The Morgan fingerprint density at radius 1 is 1.10 bits per heavy atom. The summed E-state index contributed by atoms with van der Waals surface area (Å²) in [4.78, 5) is 4.38. The van der Waals surface area contributed by atoms with Gasteiger partial charge in [0.2, 0.25) is 0 Å². The SMILES string of the molecule is Clc1ccc(COc2ccc(C3=NCCN3)cc2)c(Cl)c1. The van der Waals surface area contributed by atoms with Crippen molar-refractivity contribution < 1.29 is 4.74 Å². The molecular formula is C16H14Cl2N2O. The van der Waals surface area contributed by atoms with Gasteiger partial charge in [0, 0.05) is 27.7 Å². The first kappa shape index (κ1) is 14.2. The van der Waals surface area contributed by atoms with Crippen LogP contribution in [0.25, 0.3) is 0 Å². The Kier molecular flexibility index (Phi) is 4.32. The summed E-state index contributed by atoms with van der Waals surface area (Å²) in [5, 5.41) is 4.48. The summed E-state index contributed by atoms with van der Waals surface area (Å²) < 4.78 is 5.74. The van der Waals surface area contributed by atoms with Crippen LogP contribution in [0.5, 0.6) is 5.75 Å². The summed E-state index contributed by atoms with van der Waals surface area (Å²) in [5.74, 6) is 1.74. The van der Waals surface area contributed by atoms with Crippen LogP contribution in [0.4, 0.5) is 0 Å². The molecule has 0 spiro atoms. The third-order valence-electron chi connectivity index (χ3n) is 3.21. The Hall–Kier alpha value is -1.71. The largest absolute Gasteiger partial charge is 0.489 e. The van der Waals surface area contributed by atoms with Crippen LogP contribution < -0.4 is 10.1 Å². The molecule has 0 fully saturated rings. The second-order valence-corrected chi connectivity index (χ2v) is 5.55. The van der Waals surface area contributed by atoms with Crippen molar-refractivity contribution in [3.05, 3.63) is 63.6 Å². The van der Waals surface area contributed by atoms with Gasteiger partial charge >= 0.3 is 0 Å². The van der Waals surface area contributed by atoms with E-state index in [1.807, 2.05) is 30.3 Å². The molecule has 0 saturated carbocycles. The van der Waals surface area contributed by atoms with Gasteiger partial charge in [-0.25, -0.2) is 0 Å². The van der Waals surface area contributed by atoms with Crippen molar-refractivity contribution in [2.24, 2.45) is 4.99 Å². The summed E-state index contributed by atoms with van der Waals surface area (Å²) in [6.07, 6.45) is 0. The number of ether oxygens (including phenoxy) is 1. The van der Waals surface area contributed by atoms with E-state index in [0.717, 1.165) is 35.8 Å². The fraction of sp³-hybridized carbons (Fsp3) is 0.188. The van der Waals surface area contributed by atoms with Gasteiger partial charge in [-0.2, -0.15) is 0 Å². The first-order chi connectivity index (χ1) is 10.2. The van der Waals surface area contributed by atoms with Crippen molar-refractivity contribution >= 4 is 29.0 Å². The molecule has 0 aromatic heterocycles. The monoisotopic (exact) mass is 320 g/mol. The molecule has 108 valence electrons. The van der Waals surface area contributed by atoms with Gasteiger partial charge < -0.3 is 10.1 Å². The lowest BCUT2D eigenvalue weighted by atomic mass is 10.2. The van der Waals surface area contributed by atoms with E-state index in [1.54, 1.807) is 12.1 Å². The van der Waals surface area contributed by atoms with E-state index in [-0.39, 0.29) is 0 Å². The van der Waals surface area contributed by atoms with Gasteiger partial charge in [-0.15, -0.1) is 0 Å². The van der Waals surface area contributed by atoms with E-state index in [9.17, 15) is 0 Å². The first-order valence-corrected chi connectivity index (χ1v) is 7.43. The summed E-state index contributed by atoms with van der Waals surface area (Å²) >= 11 is 12.0. The van der Waals surface area contributed by atoms with Crippen LogP contribution in [0, 0.1) is 0 Å². The van der Waals surface area contributed by atoms with Gasteiger partial charge in [-0.1, -0.05) is 29.3 Å². The highest BCUT2D eigenvalue weighted by atomic mass is 35.5. The van der Waals surface area contributed by atoms with Gasteiger partial charge in [0.25, 0.3) is 0 Å². The number of amidine groups is 1. The highest BCUT2D eigenvalue weighted by Gasteiger charge is 2.08. The number of hydrogen-bond donors (Lipinski definition) is 1. The van der Waals surface area contributed by atoms with E-state index in [2.05, 4.69) is 10.3 Å². The molecule has 5 heteroatoms. The number of nitrogens with zero attached hydrogens (tertiary/aromatic N) is 1. The molecule has 1 aliphatic heterocycles. The van der Waals surface area contributed by atoms with Crippen molar-refractivity contribution in [1.29, 1.82) is 0 Å². The zero-order chi connectivity index (χ0) is 14.7. The van der Waals surface area contributed by atoms with Crippen LogP contribution in [0.1, 0.15) is 11.1 Å². The lowest BCUT2D eigenvalue weighted by Gasteiger charge is -2.09. The van der Waals surface area contributed by atoms with Crippen molar-refractivity contribution in [1.82, 2.24) is 5.32 Å². The van der Waals surface area contributed by atoms with Gasteiger partial charge in [0.15, 0.2) is 0 Å². The van der Waals surface area contributed by atoms with Gasteiger partial charge in [-0.05, 0) is 36.4 Å². The Bertz CT molecular complexity index is 668. The molecule has 0 bridgehead atoms. The fourth-order valence-corrected chi connectivity index (χ4v) is 2.56. The maximum absolute atomic E-state index is 6.12. The normalized spacial score (nSPS) is 13.7. The van der Waals surface area contributed by atoms with Gasteiger partial charge in [-0.3, -0.25) is 4.99 Å². The summed E-state index contributed by atoms with van der Waals surface area (Å²) in [7, 11) is 0. The summed E-state index contributed by atoms with van der Waals surface area (Å²) in [6.45, 7) is 2.15. The second kappa shape index (κ2) is 6.37. The molecule has 1 aliphatic rings. The Labute approximate surface area is 133 Å². The van der Waals surface area contributed by atoms with Crippen molar-refractivity contribution in [2.75, 3.05) is 13.1 Å². The van der Waals surface area contributed by atoms with E-state index in [1.165, 1.54) is 0 Å². The molecule has 0 amide bonds. The smallest absolute Gasteiger partial charge is 0.128 e. The fourth-order valence-electron chi connectivity index (χ4n) is 2.10. The van der Waals surface area contributed by atoms with Crippen LogP contribution >= 0.6 is 23.2 Å². The summed E-state index contributed by atoms with van der Waals surface area (Å²) in [5.41, 5.74) is 1.98. The molecule has 0 saturated heterocycles. The molecule has 2 aromatic carbocycles. The van der Waals surface area contributed by atoms with Crippen molar-refractivity contribution in [3.63, 3.8) is 0 Å². The predicted molar refractivity (Wildman–Crippen MR) is 86.6 cm³/mol. The number of halogens is 2. The zero-order valence-corrected chi connectivity index (χ0v) is 12.8. The number of benzene rings is 2. The zero-order valence-electron chi connectivity index (χ0n) is 11.3. The Morgan fingerprint density at radius 3 is 2.57 bits per heavy atom. The molecule has 0 unspecified atom stereocenters. The molecule has 21 heavy (non-hydrogen) atoms. The first-order valence-electron chi connectivity index (χ1n) is 6.68. The lowest BCUT2D eigenvalue weighted by molar-refractivity contribution is 0.306. The van der Waals surface area contributed by atoms with Gasteiger partial charge in [0.05, 0.1) is 6.54 Å². The molecule has 2 aromatic rings. The van der Waals surface area contributed by atoms with Crippen molar-refractivity contribution in [2.45, 2.75) is 6.61 Å². The Morgan fingerprint density at radius 2 is 1.90 bits per heavy atom. The maximum Gasteiger partial charge on any atom is 0.128 e. The standard InChI is InChI=1S/C16H14Cl2N2O/c17-13-4-1-12(15(18)9-13)10-21-14-5-2-11(3-6-14)16-19-7-8-20-16/h1-6,9H,7-8,10H2,(H,19,20). The van der Waals surface area contributed by atoms with E-state index in [4.69, 9.17) is 27.9 Å². The number of aliphatic imine (C=N–C) groups is 1. The quantitative estimate of drug-likeness (QED) is 0.926. The third-order valence-corrected chi connectivity index (χ3v) is 3.80. The number of hydrogen-bond acceptors (Lipinski definition) is 3. The molecule has 3 rings (SSSR count). The van der Waals surface area contributed by atoms with Crippen molar-refractivity contribution in [3.8, 4) is 5.75 Å². The minimum atomic E-state index is 0.411. The number of rotatable bonds is 4. The lowest BCUT2D eigenvalue weighted by Crippen LogP contribution is -2.19. The Balaban J connectivity index is 1.65. The van der Waals surface area contributed by atoms with E-state index in [0.29, 0.717) is 16.7 Å². The highest BCUT2D eigenvalue weighted by molar-refractivity contribution is 6.35. The average Bonchev–Trinajstić information content (AvgIpc) is 3.01. The van der Waals surface area contributed by atoms with Crippen LogP contribution in [0.3, 0.4) is 0 Å². The van der Waals surface area contributed by atoms with Gasteiger partial charge in [0.1, 0.15) is 18.2 Å². The van der Waals surface area contributed by atoms with Crippen LogP contribution in [-0.2, 0) is 6.61 Å². The highest BCUT2D eigenvalue weighted by Crippen LogP contribution is 2.23.